The maximum absolute atomic E-state index is 3.50. The molecule has 2 nitrogen and oxygen atoms in total. The van der Waals surface area contributed by atoms with Gasteiger partial charge in [0.25, 0.3) is 0 Å². The summed E-state index contributed by atoms with van der Waals surface area (Å²) in [5.41, 5.74) is 3.26. The Bertz CT molecular complexity index is 433. The Morgan fingerprint density at radius 2 is 2.00 bits per heavy atom. The van der Waals surface area contributed by atoms with Gasteiger partial charge in [-0.2, -0.15) is 0 Å². The maximum Gasteiger partial charge on any atom is 0.0449 e. The third-order valence-corrected chi connectivity index (χ3v) is 4.85. The number of hydrogen-bond donors (Lipinski definition) is 1. The van der Waals surface area contributed by atoms with Crippen LogP contribution in [0.2, 0.25) is 0 Å². The zero-order valence-electron chi connectivity index (χ0n) is 13.7. The Morgan fingerprint density at radius 3 is 2.55 bits per heavy atom. The SMILES string of the molecule is CNC(CN1CCC(C(C)(C)C)C1)c1ccccc1C. The first-order valence-electron chi connectivity index (χ1n) is 7.87. The van der Waals surface area contributed by atoms with Crippen LogP contribution < -0.4 is 5.32 Å². The summed E-state index contributed by atoms with van der Waals surface area (Å²) in [5, 5.41) is 3.50. The minimum Gasteiger partial charge on any atom is -0.312 e. The monoisotopic (exact) mass is 274 g/mol. The third kappa shape index (κ3) is 3.62. The van der Waals surface area contributed by atoms with Crippen molar-refractivity contribution in [2.45, 2.75) is 40.2 Å². The first-order chi connectivity index (χ1) is 9.41. The van der Waals surface area contributed by atoms with Gasteiger partial charge in [-0.3, -0.25) is 0 Å². The number of likely N-dealkylation sites (tertiary alicyclic amines) is 1. The largest absolute Gasteiger partial charge is 0.312 e. The van der Waals surface area contributed by atoms with Gasteiger partial charge in [-0.15, -0.1) is 0 Å². The van der Waals surface area contributed by atoms with Crippen LogP contribution in [-0.2, 0) is 0 Å². The van der Waals surface area contributed by atoms with Crippen LogP contribution in [-0.4, -0.2) is 31.6 Å². The van der Waals surface area contributed by atoms with E-state index in [0.29, 0.717) is 11.5 Å². The van der Waals surface area contributed by atoms with Crippen LogP contribution in [0.1, 0.15) is 44.4 Å². The van der Waals surface area contributed by atoms with Gasteiger partial charge in [0, 0.05) is 19.1 Å². The molecule has 1 heterocycles. The number of likely N-dealkylation sites (N-methyl/N-ethyl adjacent to an activating group) is 1. The minimum absolute atomic E-state index is 0.437. The quantitative estimate of drug-likeness (QED) is 0.902. The van der Waals surface area contributed by atoms with Gasteiger partial charge in [0.15, 0.2) is 0 Å². The highest BCUT2D eigenvalue weighted by Crippen LogP contribution is 2.34. The zero-order valence-corrected chi connectivity index (χ0v) is 13.7. The van der Waals surface area contributed by atoms with Crippen LogP contribution in [0.25, 0.3) is 0 Å². The first-order valence-corrected chi connectivity index (χ1v) is 7.87. The van der Waals surface area contributed by atoms with Gasteiger partial charge in [-0.1, -0.05) is 45.0 Å². The molecule has 0 bridgehead atoms. The van der Waals surface area contributed by atoms with E-state index < -0.39 is 0 Å². The number of aryl methyl sites for hydroxylation is 1. The molecule has 0 radical (unpaired) electrons. The van der Waals surface area contributed by atoms with Gasteiger partial charge in [0.1, 0.15) is 0 Å². The van der Waals surface area contributed by atoms with E-state index in [4.69, 9.17) is 0 Å². The summed E-state index contributed by atoms with van der Waals surface area (Å²) in [6, 6.07) is 9.18. The smallest absolute Gasteiger partial charge is 0.0449 e. The van der Waals surface area contributed by atoms with Gasteiger partial charge in [-0.05, 0) is 49.4 Å². The van der Waals surface area contributed by atoms with Crippen molar-refractivity contribution in [2.24, 2.45) is 11.3 Å². The fourth-order valence-corrected chi connectivity index (χ4v) is 3.29. The van der Waals surface area contributed by atoms with Gasteiger partial charge in [0.05, 0.1) is 0 Å². The molecule has 1 aliphatic heterocycles. The first kappa shape index (κ1) is 15.5. The van der Waals surface area contributed by atoms with Crippen LogP contribution in [0.5, 0.6) is 0 Å². The van der Waals surface area contributed by atoms with Crippen LogP contribution >= 0.6 is 0 Å². The Kier molecular flexibility index (Phi) is 4.87. The predicted octanol–water partition coefficient (Wildman–Crippen LogP) is 3.62. The van der Waals surface area contributed by atoms with E-state index in [0.717, 1.165) is 12.5 Å². The molecular weight excluding hydrogens is 244 g/mol. The molecule has 2 unspecified atom stereocenters. The fraction of sp³-hybridized carbons (Fsp3) is 0.667. The second-order valence-electron chi connectivity index (χ2n) is 7.31. The van der Waals surface area contributed by atoms with E-state index in [2.05, 4.69) is 69.2 Å². The van der Waals surface area contributed by atoms with Crippen molar-refractivity contribution in [1.82, 2.24) is 10.2 Å². The normalized spacial score (nSPS) is 22.1. The Hall–Kier alpha value is -0.860. The average molecular weight is 274 g/mol. The molecule has 1 aromatic carbocycles. The summed E-state index contributed by atoms with van der Waals surface area (Å²) in [4.78, 5) is 2.63. The molecule has 1 N–H and O–H groups in total. The van der Waals surface area contributed by atoms with Crippen LogP contribution in [0.15, 0.2) is 24.3 Å². The molecule has 2 rings (SSSR count). The van der Waals surface area contributed by atoms with Crippen molar-refractivity contribution in [3.05, 3.63) is 35.4 Å². The molecule has 20 heavy (non-hydrogen) atoms. The lowest BCUT2D eigenvalue weighted by atomic mass is 9.80. The van der Waals surface area contributed by atoms with E-state index in [1.165, 1.54) is 30.6 Å². The lowest BCUT2D eigenvalue weighted by Crippen LogP contribution is -2.34. The van der Waals surface area contributed by atoms with E-state index in [9.17, 15) is 0 Å². The molecule has 1 aromatic rings. The fourth-order valence-electron chi connectivity index (χ4n) is 3.29. The minimum atomic E-state index is 0.437. The zero-order chi connectivity index (χ0) is 14.8. The van der Waals surface area contributed by atoms with Crippen molar-refractivity contribution in [1.29, 1.82) is 0 Å². The van der Waals surface area contributed by atoms with E-state index in [-0.39, 0.29) is 0 Å². The molecule has 0 spiro atoms. The molecule has 0 aliphatic carbocycles. The number of benzene rings is 1. The second-order valence-corrected chi connectivity index (χ2v) is 7.31. The number of nitrogens with zero attached hydrogens (tertiary/aromatic N) is 1. The number of hydrogen-bond acceptors (Lipinski definition) is 2. The molecule has 2 heteroatoms. The van der Waals surface area contributed by atoms with Gasteiger partial charge < -0.3 is 10.2 Å². The number of rotatable bonds is 4. The summed E-state index contributed by atoms with van der Waals surface area (Å²) in [5.74, 6) is 0.830. The summed E-state index contributed by atoms with van der Waals surface area (Å²) in [6.07, 6.45) is 1.34. The van der Waals surface area contributed by atoms with Crippen molar-refractivity contribution >= 4 is 0 Å². The lowest BCUT2D eigenvalue weighted by Gasteiger charge is -2.29. The second kappa shape index (κ2) is 6.28. The highest BCUT2D eigenvalue weighted by atomic mass is 15.2. The van der Waals surface area contributed by atoms with Gasteiger partial charge >= 0.3 is 0 Å². The predicted molar refractivity (Wildman–Crippen MR) is 87.0 cm³/mol. The molecule has 0 amide bonds. The van der Waals surface area contributed by atoms with Crippen molar-refractivity contribution in [2.75, 3.05) is 26.7 Å². The lowest BCUT2D eigenvalue weighted by molar-refractivity contribution is 0.220. The topological polar surface area (TPSA) is 15.3 Å². The molecule has 0 saturated carbocycles. The molecular formula is C18H30N2. The Balaban J connectivity index is 2.00. The molecule has 112 valence electrons. The van der Waals surface area contributed by atoms with E-state index >= 15 is 0 Å². The van der Waals surface area contributed by atoms with Gasteiger partial charge in [0.2, 0.25) is 0 Å². The standard InChI is InChI=1S/C18H30N2/c1-14-8-6-7-9-16(14)17(19-5)13-20-11-10-15(12-20)18(2,3)4/h6-9,15,17,19H,10-13H2,1-5H3. The Morgan fingerprint density at radius 1 is 1.30 bits per heavy atom. The maximum atomic E-state index is 3.50. The molecule has 1 saturated heterocycles. The molecule has 2 atom stereocenters. The summed E-state index contributed by atoms with van der Waals surface area (Å²) >= 11 is 0. The van der Waals surface area contributed by atoms with Crippen LogP contribution in [0, 0.1) is 18.3 Å². The highest BCUT2D eigenvalue weighted by molar-refractivity contribution is 5.29. The van der Waals surface area contributed by atoms with Crippen molar-refractivity contribution in [3.8, 4) is 0 Å². The van der Waals surface area contributed by atoms with E-state index in [1.807, 2.05) is 0 Å². The highest BCUT2D eigenvalue weighted by Gasteiger charge is 2.32. The Labute approximate surface area is 124 Å². The molecule has 1 fully saturated rings. The average Bonchev–Trinajstić information content (AvgIpc) is 2.85. The van der Waals surface area contributed by atoms with Crippen LogP contribution in [0.4, 0.5) is 0 Å². The third-order valence-electron chi connectivity index (χ3n) is 4.85. The summed E-state index contributed by atoms with van der Waals surface area (Å²) in [7, 11) is 2.08. The van der Waals surface area contributed by atoms with Crippen LogP contribution in [0.3, 0.4) is 0 Å². The van der Waals surface area contributed by atoms with E-state index in [1.54, 1.807) is 0 Å². The summed E-state index contributed by atoms with van der Waals surface area (Å²) < 4.78 is 0. The number of nitrogens with one attached hydrogen (secondary N) is 1. The molecule has 1 aliphatic rings. The van der Waals surface area contributed by atoms with Crippen molar-refractivity contribution < 1.29 is 0 Å². The summed E-state index contributed by atoms with van der Waals surface area (Å²) in [6.45, 7) is 12.9. The van der Waals surface area contributed by atoms with Gasteiger partial charge in [-0.25, -0.2) is 0 Å². The van der Waals surface area contributed by atoms with Crippen molar-refractivity contribution in [3.63, 3.8) is 0 Å². The molecule has 0 aromatic heterocycles.